The molecular formula is C26H26F3NO3. The van der Waals surface area contributed by atoms with Gasteiger partial charge in [0.25, 0.3) is 0 Å². The number of carboxylic acid groups (broad SMARTS) is 1. The summed E-state index contributed by atoms with van der Waals surface area (Å²) in [7, 11) is 0. The Bertz CT molecular complexity index is 1050. The van der Waals surface area contributed by atoms with Gasteiger partial charge in [-0.1, -0.05) is 43.7 Å². The number of halogens is 3. The lowest BCUT2D eigenvalue weighted by atomic mass is 10.1. The average Bonchev–Trinajstić information content (AvgIpc) is 2.81. The monoisotopic (exact) mass is 457 g/mol. The Morgan fingerprint density at radius 3 is 2.33 bits per heavy atom. The van der Waals surface area contributed by atoms with Crippen LogP contribution in [0.4, 0.5) is 13.2 Å². The Kier molecular flexibility index (Phi) is 8.09. The molecule has 0 aliphatic rings. The maximum Gasteiger partial charge on any atom is 0.416 e. The number of carboxylic acids is 1. The van der Waals surface area contributed by atoms with Crippen molar-refractivity contribution in [1.29, 1.82) is 0 Å². The maximum absolute atomic E-state index is 12.9. The molecule has 1 atom stereocenters. The third-order valence-corrected chi connectivity index (χ3v) is 5.26. The fourth-order valence-electron chi connectivity index (χ4n) is 3.43. The van der Waals surface area contributed by atoms with Crippen LogP contribution in [0.3, 0.4) is 0 Å². The zero-order chi connectivity index (χ0) is 23.8. The number of aromatic nitrogens is 1. The molecule has 4 nitrogen and oxygen atoms in total. The molecule has 0 saturated heterocycles. The predicted octanol–water partition coefficient (Wildman–Crippen LogP) is 7.09. The van der Waals surface area contributed by atoms with Gasteiger partial charge in [0.05, 0.1) is 17.0 Å². The molecule has 1 heterocycles. The molecule has 0 bridgehead atoms. The van der Waals surface area contributed by atoms with E-state index in [1.165, 1.54) is 12.1 Å². The first-order valence-corrected chi connectivity index (χ1v) is 10.9. The van der Waals surface area contributed by atoms with Crippen molar-refractivity contribution in [1.82, 2.24) is 4.98 Å². The van der Waals surface area contributed by atoms with E-state index in [1.807, 2.05) is 36.4 Å². The number of carbonyl (C=O) groups is 1. The standard InChI is InChI=1S/C26H26F3NO3/c1-2-3-7-24(33-21-15-8-18(9-16-21)10-17-25(31)32)23-6-4-5-22(30-23)19-11-13-20(14-12-19)26(27,28)29/h4-6,8-9,11-16,24H,2-3,7,10,17H2,1H3,(H,31,32)/t24-/m0/s1. The van der Waals surface area contributed by atoms with Crippen LogP contribution >= 0.6 is 0 Å². The molecule has 0 radical (unpaired) electrons. The highest BCUT2D eigenvalue weighted by atomic mass is 19.4. The molecule has 3 rings (SSSR count). The summed E-state index contributed by atoms with van der Waals surface area (Å²) in [4.78, 5) is 15.4. The van der Waals surface area contributed by atoms with Gasteiger partial charge < -0.3 is 9.84 Å². The zero-order valence-electron chi connectivity index (χ0n) is 18.3. The number of alkyl halides is 3. The molecule has 174 valence electrons. The third kappa shape index (κ3) is 7.07. The van der Waals surface area contributed by atoms with Crippen LogP contribution in [0.1, 0.15) is 55.5 Å². The highest BCUT2D eigenvalue weighted by Crippen LogP contribution is 2.32. The summed E-state index contributed by atoms with van der Waals surface area (Å²) < 4.78 is 44.8. The van der Waals surface area contributed by atoms with E-state index >= 15 is 0 Å². The smallest absolute Gasteiger partial charge is 0.416 e. The topological polar surface area (TPSA) is 59.4 Å². The molecule has 33 heavy (non-hydrogen) atoms. The second-order valence-electron chi connectivity index (χ2n) is 7.81. The summed E-state index contributed by atoms with van der Waals surface area (Å²) in [6, 6.07) is 17.7. The van der Waals surface area contributed by atoms with Gasteiger partial charge in [-0.05, 0) is 61.2 Å². The van der Waals surface area contributed by atoms with Crippen molar-refractivity contribution in [3.63, 3.8) is 0 Å². The minimum atomic E-state index is -4.38. The number of unbranched alkanes of at least 4 members (excludes halogenated alkanes) is 1. The van der Waals surface area contributed by atoms with Gasteiger partial charge >= 0.3 is 12.1 Å². The van der Waals surface area contributed by atoms with E-state index in [9.17, 15) is 18.0 Å². The van der Waals surface area contributed by atoms with Crippen molar-refractivity contribution in [3.05, 3.63) is 83.6 Å². The van der Waals surface area contributed by atoms with Crippen LogP contribution in [-0.4, -0.2) is 16.1 Å². The van der Waals surface area contributed by atoms with Crippen LogP contribution in [0.2, 0.25) is 0 Å². The van der Waals surface area contributed by atoms with E-state index in [4.69, 9.17) is 9.84 Å². The first kappa shape index (κ1) is 24.3. The Labute approximate surface area is 191 Å². The van der Waals surface area contributed by atoms with Gasteiger partial charge in [0, 0.05) is 12.0 Å². The quantitative estimate of drug-likeness (QED) is 0.353. The van der Waals surface area contributed by atoms with Crippen LogP contribution in [0.15, 0.2) is 66.7 Å². The first-order valence-electron chi connectivity index (χ1n) is 10.9. The number of aliphatic carboxylic acids is 1. The van der Waals surface area contributed by atoms with E-state index in [0.717, 1.165) is 37.0 Å². The molecule has 0 fully saturated rings. The third-order valence-electron chi connectivity index (χ3n) is 5.26. The largest absolute Gasteiger partial charge is 0.484 e. The lowest BCUT2D eigenvalue weighted by Gasteiger charge is -2.20. The number of benzene rings is 2. The molecule has 1 aromatic heterocycles. The molecule has 0 amide bonds. The highest BCUT2D eigenvalue weighted by molar-refractivity contribution is 5.67. The summed E-state index contributed by atoms with van der Waals surface area (Å²) in [5.74, 6) is -0.189. The van der Waals surface area contributed by atoms with Gasteiger partial charge in [0.1, 0.15) is 11.9 Å². The molecule has 0 unspecified atom stereocenters. The van der Waals surface area contributed by atoms with Crippen molar-refractivity contribution in [2.75, 3.05) is 0 Å². The van der Waals surface area contributed by atoms with Crippen LogP contribution in [0.25, 0.3) is 11.3 Å². The second-order valence-corrected chi connectivity index (χ2v) is 7.81. The van der Waals surface area contributed by atoms with Crippen LogP contribution < -0.4 is 4.74 Å². The van der Waals surface area contributed by atoms with Crippen molar-refractivity contribution in [2.45, 2.75) is 51.3 Å². The molecule has 0 spiro atoms. The molecule has 1 N–H and O–H groups in total. The molecule has 0 aliphatic heterocycles. The van der Waals surface area contributed by atoms with Crippen molar-refractivity contribution >= 4 is 5.97 Å². The first-order chi connectivity index (χ1) is 15.8. The number of nitrogens with zero attached hydrogens (tertiary/aromatic N) is 1. The fraction of sp³-hybridized carbons (Fsp3) is 0.308. The molecule has 7 heteroatoms. The van der Waals surface area contributed by atoms with Gasteiger partial charge in [0.2, 0.25) is 0 Å². The fourth-order valence-corrected chi connectivity index (χ4v) is 3.43. The average molecular weight is 457 g/mol. The number of ether oxygens (including phenoxy) is 1. The van der Waals surface area contributed by atoms with Gasteiger partial charge in [-0.25, -0.2) is 4.98 Å². The number of rotatable bonds is 10. The van der Waals surface area contributed by atoms with Crippen LogP contribution in [0.5, 0.6) is 5.75 Å². The summed E-state index contributed by atoms with van der Waals surface area (Å²) in [5.41, 5.74) is 2.10. The summed E-state index contributed by atoms with van der Waals surface area (Å²) >= 11 is 0. The number of hydrogen-bond acceptors (Lipinski definition) is 3. The molecule has 0 saturated carbocycles. The molecular weight excluding hydrogens is 431 g/mol. The maximum atomic E-state index is 12.9. The van der Waals surface area contributed by atoms with E-state index in [1.54, 1.807) is 6.07 Å². The van der Waals surface area contributed by atoms with Gasteiger partial charge in [-0.15, -0.1) is 0 Å². The Balaban J connectivity index is 1.79. The minimum Gasteiger partial charge on any atom is -0.484 e. The normalized spacial score (nSPS) is 12.4. The minimum absolute atomic E-state index is 0.0694. The summed E-state index contributed by atoms with van der Waals surface area (Å²) in [5, 5.41) is 8.83. The van der Waals surface area contributed by atoms with E-state index in [-0.39, 0.29) is 12.5 Å². The summed E-state index contributed by atoms with van der Waals surface area (Å²) in [6.07, 6.45) is -1.54. The lowest BCUT2D eigenvalue weighted by Crippen LogP contribution is -2.10. The number of hydrogen-bond donors (Lipinski definition) is 1. The van der Waals surface area contributed by atoms with E-state index < -0.39 is 17.7 Å². The molecule has 2 aromatic carbocycles. The Morgan fingerprint density at radius 1 is 1.03 bits per heavy atom. The van der Waals surface area contributed by atoms with Crippen LogP contribution in [-0.2, 0) is 17.4 Å². The number of pyridine rings is 1. The predicted molar refractivity (Wildman–Crippen MR) is 120 cm³/mol. The van der Waals surface area contributed by atoms with Gasteiger partial charge in [-0.3, -0.25) is 4.79 Å². The summed E-state index contributed by atoms with van der Waals surface area (Å²) in [6.45, 7) is 2.08. The molecule has 3 aromatic rings. The zero-order valence-corrected chi connectivity index (χ0v) is 18.3. The Hall–Kier alpha value is -3.35. The van der Waals surface area contributed by atoms with E-state index in [0.29, 0.717) is 29.1 Å². The molecule has 0 aliphatic carbocycles. The van der Waals surface area contributed by atoms with Crippen molar-refractivity contribution in [2.24, 2.45) is 0 Å². The number of aryl methyl sites for hydroxylation is 1. The second kappa shape index (κ2) is 11.0. The SMILES string of the molecule is CCCC[C@H](Oc1ccc(CCC(=O)O)cc1)c1cccc(-c2ccc(C(F)(F)F)cc2)n1. The van der Waals surface area contributed by atoms with Crippen molar-refractivity contribution in [3.8, 4) is 17.0 Å². The van der Waals surface area contributed by atoms with Crippen LogP contribution in [0, 0.1) is 0 Å². The Morgan fingerprint density at radius 2 is 1.73 bits per heavy atom. The van der Waals surface area contributed by atoms with Gasteiger partial charge in [0.15, 0.2) is 0 Å². The van der Waals surface area contributed by atoms with E-state index in [2.05, 4.69) is 11.9 Å². The highest BCUT2D eigenvalue weighted by Gasteiger charge is 2.30. The lowest BCUT2D eigenvalue weighted by molar-refractivity contribution is -0.138. The van der Waals surface area contributed by atoms with Crippen molar-refractivity contribution < 1.29 is 27.8 Å². The van der Waals surface area contributed by atoms with Gasteiger partial charge in [-0.2, -0.15) is 13.2 Å².